The molecule has 3 heteroatoms. The van der Waals surface area contributed by atoms with Gasteiger partial charge >= 0.3 is 0 Å². The van der Waals surface area contributed by atoms with Crippen molar-refractivity contribution in [3.8, 4) is 16.9 Å². The highest BCUT2D eigenvalue weighted by molar-refractivity contribution is 5.64. The quantitative estimate of drug-likeness (QED) is 0.875. The van der Waals surface area contributed by atoms with E-state index in [0.717, 1.165) is 16.9 Å². The molecule has 0 spiro atoms. The molecular weight excluding hydrogens is 212 g/mol. The minimum absolute atomic E-state index is 0.444. The number of ether oxygens (including phenoxy) is 1. The predicted octanol–water partition coefficient (Wildman–Crippen LogP) is 2.87. The molecule has 2 N–H and O–H groups in total. The molecule has 1 heterocycles. The minimum Gasteiger partial charge on any atom is -0.490 e. The Morgan fingerprint density at radius 2 is 1.71 bits per heavy atom. The summed E-state index contributed by atoms with van der Waals surface area (Å²) in [6.07, 6.45) is 4.60. The van der Waals surface area contributed by atoms with Crippen LogP contribution in [-0.4, -0.2) is 11.1 Å². The molecule has 0 unspecified atom stereocenters. The van der Waals surface area contributed by atoms with E-state index >= 15 is 0 Å². The first-order valence-corrected chi connectivity index (χ1v) is 5.80. The molecule has 2 aromatic rings. The van der Waals surface area contributed by atoms with E-state index in [1.165, 1.54) is 12.8 Å². The molecular formula is C14H14N2O. The van der Waals surface area contributed by atoms with Gasteiger partial charge in [-0.05, 0) is 42.7 Å². The van der Waals surface area contributed by atoms with Gasteiger partial charge in [0.1, 0.15) is 11.6 Å². The van der Waals surface area contributed by atoms with Crippen molar-refractivity contribution in [2.45, 2.75) is 18.9 Å². The van der Waals surface area contributed by atoms with E-state index in [1.54, 1.807) is 6.20 Å². The maximum absolute atomic E-state index is 5.70. The van der Waals surface area contributed by atoms with E-state index in [4.69, 9.17) is 10.5 Å². The van der Waals surface area contributed by atoms with Crippen molar-refractivity contribution in [1.29, 1.82) is 0 Å². The zero-order valence-electron chi connectivity index (χ0n) is 9.47. The van der Waals surface area contributed by atoms with Crippen molar-refractivity contribution < 1.29 is 4.74 Å². The Bertz CT molecular complexity index is 501. The molecule has 3 rings (SSSR count). The van der Waals surface area contributed by atoms with Crippen LogP contribution in [0.5, 0.6) is 5.75 Å². The lowest BCUT2D eigenvalue weighted by Crippen LogP contribution is -1.95. The van der Waals surface area contributed by atoms with Gasteiger partial charge in [-0.1, -0.05) is 12.1 Å². The molecule has 3 nitrogen and oxygen atoms in total. The number of rotatable bonds is 3. The molecule has 0 amide bonds. The van der Waals surface area contributed by atoms with Crippen LogP contribution in [0.3, 0.4) is 0 Å². The number of aromatic nitrogens is 1. The first-order valence-electron chi connectivity index (χ1n) is 5.80. The summed E-state index contributed by atoms with van der Waals surface area (Å²) in [6.45, 7) is 0. The third-order valence-electron chi connectivity index (χ3n) is 2.80. The molecule has 1 aliphatic carbocycles. The number of nitrogens with zero attached hydrogens (tertiary/aromatic N) is 1. The molecule has 1 aromatic carbocycles. The van der Waals surface area contributed by atoms with Crippen molar-refractivity contribution in [3.63, 3.8) is 0 Å². The molecule has 1 aliphatic rings. The topological polar surface area (TPSA) is 48.1 Å². The van der Waals surface area contributed by atoms with Crippen LogP contribution in [0.2, 0.25) is 0 Å². The van der Waals surface area contributed by atoms with Crippen LogP contribution in [0.25, 0.3) is 11.1 Å². The Balaban J connectivity index is 1.80. The van der Waals surface area contributed by atoms with Gasteiger partial charge in [0.05, 0.1) is 6.10 Å². The number of pyridine rings is 1. The third-order valence-corrected chi connectivity index (χ3v) is 2.80. The lowest BCUT2D eigenvalue weighted by molar-refractivity contribution is 0.303. The van der Waals surface area contributed by atoms with Gasteiger partial charge in [0.2, 0.25) is 0 Å². The predicted molar refractivity (Wildman–Crippen MR) is 67.7 cm³/mol. The summed E-state index contributed by atoms with van der Waals surface area (Å²) in [5.74, 6) is 1.49. The summed E-state index contributed by atoms with van der Waals surface area (Å²) in [6, 6.07) is 11.9. The molecule has 0 radical (unpaired) electrons. The van der Waals surface area contributed by atoms with Crippen molar-refractivity contribution in [3.05, 3.63) is 42.6 Å². The van der Waals surface area contributed by atoms with Gasteiger partial charge in [0.15, 0.2) is 0 Å². The van der Waals surface area contributed by atoms with Gasteiger partial charge in [-0.3, -0.25) is 0 Å². The minimum atomic E-state index is 0.444. The zero-order chi connectivity index (χ0) is 11.7. The van der Waals surface area contributed by atoms with E-state index in [-0.39, 0.29) is 0 Å². The molecule has 86 valence electrons. The smallest absolute Gasteiger partial charge is 0.123 e. The van der Waals surface area contributed by atoms with Gasteiger partial charge in [0, 0.05) is 11.8 Å². The van der Waals surface area contributed by atoms with Crippen LogP contribution in [0.4, 0.5) is 5.82 Å². The summed E-state index contributed by atoms with van der Waals surface area (Å²) < 4.78 is 5.70. The molecule has 1 fully saturated rings. The van der Waals surface area contributed by atoms with Gasteiger partial charge in [0.25, 0.3) is 0 Å². The Labute approximate surface area is 100 Å². The summed E-state index contributed by atoms with van der Waals surface area (Å²) in [4.78, 5) is 4.08. The SMILES string of the molecule is Nc1ccc(-c2ccc(OC3CC3)cc2)cn1. The van der Waals surface area contributed by atoms with E-state index in [9.17, 15) is 0 Å². The Hall–Kier alpha value is -2.03. The normalized spacial score (nSPS) is 14.6. The average Bonchev–Trinajstić information content (AvgIpc) is 3.15. The number of anilines is 1. The number of benzene rings is 1. The Morgan fingerprint density at radius 1 is 1.00 bits per heavy atom. The third kappa shape index (κ3) is 2.38. The highest BCUT2D eigenvalue weighted by Crippen LogP contribution is 2.28. The fraction of sp³-hybridized carbons (Fsp3) is 0.214. The number of nitrogen functional groups attached to an aromatic ring is 1. The van der Waals surface area contributed by atoms with E-state index in [0.29, 0.717) is 11.9 Å². The maximum Gasteiger partial charge on any atom is 0.123 e. The molecule has 0 aliphatic heterocycles. The molecule has 17 heavy (non-hydrogen) atoms. The van der Waals surface area contributed by atoms with Gasteiger partial charge in [-0.2, -0.15) is 0 Å². The highest BCUT2D eigenvalue weighted by Gasteiger charge is 2.23. The number of hydrogen-bond acceptors (Lipinski definition) is 3. The van der Waals surface area contributed by atoms with Crippen molar-refractivity contribution >= 4 is 5.82 Å². The molecule has 0 saturated heterocycles. The lowest BCUT2D eigenvalue weighted by Gasteiger charge is -2.06. The second-order valence-electron chi connectivity index (χ2n) is 4.31. The van der Waals surface area contributed by atoms with E-state index in [1.807, 2.05) is 36.4 Å². The van der Waals surface area contributed by atoms with Crippen molar-refractivity contribution in [2.24, 2.45) is 0 Å². The summed E-state index contributed by atoms with van der Waals surface area (Å²) in [5.41, 5.74) is 7.75. The Kier molecular flexibility index (Phi) is 2.44. The largest absolute Gasteiger partial charge is 0.490 e. The summed E-state index contributed by atoms with van der Waals surface area (Å²) in [7, 11) is 0. The first kappa shape index (κ1) is 10.1. The standard InChI is InChI=1S/C14H14N2O/c15-14-8-3-11(9-16-14)10-1-4-12(5-2-10)17-13-6-7-13/h1-5,8-9,13H,6-7H2,(H2,15,16). The summed E-state index contributed by atoms with van der Waals surface area (Å²) in [5, 5.41) is 0. The van der Waals surface area contributed by atoms with E-state index in [2.05, 4.69) is 4.98 Å². The highest BCUT2D eigenvalue weighted by atomic mass is 16.5. The van der Waals surface area contributed by atoms with Crippen LogP contribution in [0.15, 0.2) is 42.6 Å². The summed E-state index contributed by atoms with van der Waals surface area (Å²) >= 11 is 0. The fourth-order valence-electron chi connectivity index (χ4n) is 1.68. The van der Waals surface area contributed by atoms with Gasteiger partial charge < -0.3 is 10.5 Å². The molecule has 0 atom stereocenters. The average molecular weight is 226 g/mol. The number of nitrogens with two attached hydrogens (primary N) is 1. The lowest BCUT2D eigenvalue weighted by atomic mass is 10.1. The van der Waals surface area contributed by atoms with E-state index < -0.39 is 0 Å². The monoisotopic (exact) mass is 226 g/mol. The first-order chi connectivity index (χ1) is 8.31. The molecule has 1 aromatic heterocycles. The van der Waals surface area contributed by atoms with Gasteiger partial charge in [-0.25, -0.2) is 4.98 Å². The van der Waals surface area contributed by atoms with Crippen LogP contribution in [0, 0.1) is 0 Å². The van der Waals surface area contributed by atoms with Crippen LogP contribution >= 0.6 is 0 Å². The Morgan fingerprint density at radius 3 is 2.29 bits per heavy atom. The van der Waals surface area contributed by atoms with Crippen molar-refractivity contribution in [1.82, 2.24) is 4.98 Å². The van der Waals surface area contributed by atoms with Crippen molar-refractivity contribution in [2.75, 3.05) is 5.73 Å². The molecule has 0 bridgehead atoms. The van der Waals surface area contributed by atoms with Crippen LogP contribution in [0.1, 0.15) is 12.8 Å². The second kappa shape index (κ2) is 4.09. The molecule has 1 saturated carbocycles. The van der Waals surface area contributed by atoms with Crippen LogP contribution in [-0.2, 0) is 0 Å². The fourth-order valence-corrected chi connectivity index (χ4v) is 1.68. The second-order valence-corrected chi connectivity index (χ2v) is 4.31. The van der Waals surface area contributed by atoms with Gasteiger partial charge in [-0.15, -0.1) is 0 Å². The zero-order valence-corrected chi connectivity index (χ0v) is 9.47. The number of hydrogen-bond donors (Lipinski definition) is 1. The maximum atomic E-state index is 5.70. The van der Waals surface area contributed by atoms with Crippen LogP contribution < -0.4 is 10.5 Å².